The largest absolute Gasteiger partial charge is 0.423 e. The monoisotopic (exact) mass is 282 g/mol. The lowest BCUT2D eigenvalue weighted by atomic mass is 10.0. The first-order valence-corrected chi connectivity index (χ1v) is 7.41. The number of aryl methyl sites for hydroxylation is 2. The van der Waals surface area contributed by atoms with E-state index >= 15 is 0 Å². The Morgan fingerprint density at radius 2 is 2.29 bits per heavy atom. The zero-order valence-corrected chi connectivity index (χ0v) is 12.3. The third-order valence-corrected chi connectivity index (χ3v) is 4.16. The Labute approximate surface area is 123 Å². The van der Waals surface area contributed by atoms with E-state index < -0.39 is 0 Å². The number of aromatic amines is 1. The van der Waals surface area contributed by atoms with Crippen LogP contribution in [0.25, 0.3) is 11.1 Å². The van der Waals surface area contributed by atoms with Gasteiger partial charge in [0.15, 0.2) is 5.58 Å². The number of hydrogen-bond acceptors (Lipinski definition) is 4. The number of anilines is 1. The molecular formula is C16H18N4O. The molecule has 1 aromatic carbocycles. The normalized spacial score (nSPS) is 14.7. The number of hydrogen-bond donors (Lipinski definition) is 1. The molecule has 108 valence electrons. The van der Waals surface area contributed by atoms with Crippen molar-refractivity contribution in [3.05, 3.63) is 40.7 Å². The topological polar surface area (TPSA) is 58.0 Å². The summed E-state index contributed by atoms with van der Waals surface area (Å²) >= 11 is 0. The van der Waals surface area contributed by atoms with E-state index in [1.807, 2.05) is 6.07 Å². The smallest absolute Gasteiger partial charge is 0.298 e. The van der Waals surface area contributed by atoms with Gasteiger partial charge in [0.2, 0.25) is 0 Å². The van der Waals surface area contributed by atoms with E-state index in [1.165, 1.54) is 16.8 Å². The molecule has 0 unspecified atom stereocenters. The van der Waals surface area contributed by atoms with Gasteiger partial charge in [0.05, 0.1) is 12.2 Å². The van der Waals surface area contributed by atoms with Gasteiger partial charge in [-0.05, 0) is 31.0 Å². The summed E-state index contributed by atoms with van der Waals surface area (Å²) < 4.78 is 5.91. The Bertz CT molecular complexity index is 788. The standard InChI is InChI=1S/C16H18N4O/c1-3-12-11-9-20(7-6-13(11)19-18-12)16-17-14-8-10(2)4-5-15(14)21-16/h4-5,8H,3,6-7,9H2,1-2H3,(H,18,19). The molecule has 0 atom stereocenters. The fraction of sp³-hybridized carbons (Fsp3) is 0.375. The summed E-state index contributed by atoms with van der Waals surface area (Å²) in [5, 5.41) is 7.55. The second-order valence-electron chi connectivity index (χ2n) is 5.62. The van der Waals surface area contributed by atoms with Crippen molar-refractivity contribution in [2.75, 3.05) is 11.4 Å². The Balaban J connectivity index is 1.70. The minimum atomic E-state index is 0.713. The summed E-state index contributed by atoms with van der Waals surface area (Å²) in [6.07, 6.45) is 1.91. The maximum Gasteiger partial charge on any atom is 0.298 e. The number of nitrogens with zero attached hydrogens (tertiary/aromatic N) is 3. The molecule has 0 amide bonds. The summed E-state index contributed by atoms with van der Waals surface area (Å²) in [6.45, 7) is 5.93. The predicted molar refractivity (Wildman–Crippen MR) is 81.5 cm³/mol. The second kappa shape index (κ2) is 4.62. The SMILES string of the molecule is CCc1n[nH]c2c1CN(c1nc3cc(C)ccc3o1)CC2. The fourth-order valence-electron chi connectivity index (χ4n) is 2.97. The van der Waals surface area contributed by atoms with Crippen LogP contribution in [0.3, 0.4) is 0 Å². The first-order valence-electron chi connectivity index (χ1n) is 7.41. The molecule has 5 nitrogen and oxygen atoms in total. The maximum atomic E-state index is 5.91. The number of benzene rings is 1. The minimum Gasteiger partial charge on any atom is -0.423 e. The number of nitrogens with one attached hydrogen (secondary N) is 1. The second-order valence-corrected chi connectivity index (χ2v) is 5.62. The number of oxazole rings is 1. The molecule has 2 aromatic heterocycles. The highest BCUT2D eigenvalue weighted by Crippen LogP contribution is 2.28. The number of fused-ring (bicyclic) bond motifs is 2. The Morgan fingerprint density at radius 3 is 3.14 bits per heavy atom. The van der Waals surface area contributed by atoms with Crippen LogP contribution in [0.15, 0.2) is 22.6 Å². The highest BCUT2D eigenvalue weighted by Gasteiger charge is 2.24. The third kappa shape index (κ3) is 2.00. The molecule has 0 aliphatic carbocycles. The predicted octanol–water partition coefficient (Wildman–Crippen LogP) is 2.98. The highest BCUT2D eigenvalue weighted by molar-refractivity contribution is 5.75. The van der Waals surface area contributed by atoms with E-state index in [-0.39, 0.29) is 0 Å². The summed E-state index contributed by atoms with van der Waals surface area (Å²) in [5.41, 5.74) is 6.70. The lowest BCUT2D eigenvalue weighted by molar-refractivity contribution is 0.552. The molecule has 0 saturated heterocycles. The van der Waals surface area contributed by atoms with Gasteiger partial charge in [0.1, 0.15) is 5.52 Å². The van der Waals surface area contributed by atoms with Crippen LogP contribution in [0.2, 0.25) is 0 Å². The van der Waals surface area contributed by atoms with Gasteiger partial charge in [-0.3, -0.25) is 5.10 Å². The molecule has 1 aliphatic rings. The average molecular weight is 282 g/mol. The average Bonchev–Trinajstić information content (AvgIpc) is 3.09. The van der Waals surface area contributed by atoms with Crippen LogP contribution >= 0.6 is 0 Å². The molecule has 5 heteroatoms. The van der Waals surface area contributed by atoms with Gasteiger partial charge in [-0.2, -0.15) is 10.1 Å². The molecule has 3 heterocycles. The van der Waals surface area contributed by atoms with Crippen molar-refractivity contribution in [3.8, 4) is 0 Å². The quantitative estimate of drug-likeness (QED) is 0.785. The molecule has 4 rings (SSSR count). The lowest BCUT2D eigenvalue weighted by Gasteiger charge is -2.25. The summed E-state index contributed by atoms with van der Waals surface area (Å²) in [6, 6.07) is 6.82. The third-order valence-electron chi connectivity index (χ3n) is 4.16. The van der Waals surface area contributed by atoms with Gasteiger partial charge >= 0.3 is 0 Å². The molecule has 0 bridgehead atoms. The molecule has 0 spiro atoms. The van der Waals surface area contributed by atoms with Crippen molar-refractivity contribution in [2.45, 2.75) is 33.2 Å². The van der Waals surface area contributed by atoms with Crippen molar-refractivity contribution in [1.82, 2.24) is 15.2 Å². The van der Waals surface area contributed by atoms with E-state index in [2.05, 4.69) is 46.1 Å². The van der Waals surface area contributed by atoms with E-state index in [0.717, 1.165) is 42.7 Å². The number of H-pyrrole nitrogens is 1. The molecule has 0 radical (unpaired) electrons. The zero-order chi connectivity index (χ0) is 14.4. The Hall–Kier alpha value is -2.30. The van der Waals surface area contributed by atoms with Crippen molar-refractivity contribution >= 4 is 17.1 Å². The van der Waals surface area contributed by atoms with Gasteiger partial charge in [-0.25, -0.2) is 0 Å². The summed E-state index contributed by atoms with van der Waals surface area (Å²) in [7, 11) is 0. The molecule has 1 N–H and O–H groups in total. The Morgan fingerprint density at radius 1 is 1.38 bits per heavy atom. The number of aromatic nitrogens is 3. The van der Waals surface area contributed by atoms with Crippen LogP contribution in [0.1, 0.15) is 29.4 Å². The number of rotatable bonds is 2. The van der Waals surface area contributed by atoms with E-state index in [1.54, 1.807) is 0 Å². The molecular weight excluding hydrogens is 264 g/mol. The van der Waals surface area contributed by atoms with Crippen molar-refractivity contribution in [3.63, 3.8) is 0 Å². The Kier molecular flexibility index (Phi) is 2.74. The first kappa shape index (κ1) is 12.4. The van der Waals surface area contributed by atoms with Crippen LogP contribution < -0.4 is 4.90 Å². The summed E-state index contributed by atoms with van der Waals surface area (Å²) in [4.78, 5) is 6.84. The van der Waals surface area contributed by atoms with Crippen molar-refractivity contribution < 1.29 is 4.42 Å². The van der Waals surface area contributed by atoms with Crippen molar-refractivity contribution in [2.24, 2.45) is 0 Å². The maximum absolute atomic E-state index is 5.91. The van der Waals surface area contributed by atoms with Gasteiger partial charge in [0.25, 0.3) is 6.01 Å². The van der Waals surface area contributed by atoms with Crippen LogP contribution in [0, 0.1) is 6.92 Å². The van der Waals surface area contributed by atoms with Crippen molar-refractivity contribution in [1.29, 1.82) is 0 Å². The van der Waals surface area contributed by atoms with E-state index in [9.17, 15) is 0 Å². The van der Waals surface area contributed by atoms with Gasteiger partial charge in [-0.15, -0.1) is 0 Å². The van der Waals surface area contributed by atoms with Crippen LogP contribution in [-0.2, 0) is 19.4 Å². The first-order chi connectivity index (χ1) is 10.2. The summed E-state index contributed by atoms with van der Waals surface area (Å²) in [5.74, 6) is 0. The molecule has 0 saturated carbocycles. The lowest BCUT2D eigenvalue weighted by Crippen LogP contribution is -2.30. The molecule has 1 aliphatic heterocycles. The van der Waals surface area contributed by atoms with Gasteiger partial charge in [-0.1, -0.05) is 13.0 Å². The van der Waals surface area contributed by atoms with Crippen LogP contribution in [0.4, 0.5) is 6.01 Å². The van der Waals surface area contributed by atoms with Gasteiger partial charge < -0.3 is 9.32 Å². The molecule has 21 heavy (non-hydrogen) atoms. The minimum absolute atomic E-state index is 0.713. The van der Waals surface area contributed by atoms with Crippen LogP contribution in [0.5, 0.6) is 0 Å². The molecule has 3 aromatic rings. The van der Waals surface area contributed by atoms with Gasteiger partial charge in [0, 0.05) is 24.2 Å². The highest BCUT2D eigenvalue weighted by atomic mass is 16.4. The molecule has 0 fully saturated rings. The van der Waals surface area contributed by atoms with Crippen LogP contribution in [-0.4, -0.2) is 21.7 Å². The zero-order valence-electron chi connectivity index (χ0n) is 12.3. The van der Waals surface area contributed by atoms with E-state index in [4.69, 9.17) is 4.42 Å². The fourth-order valence-corrected chi connectivity index (χ4v) is 2.97. The van der Waals surface area contributed by atoms with E-state index in [0.29, 0.717) is 6.01 Å².